The fraction of sp³-hybridized carbons (Fsp3) is 0.343. The Balaban J connectivity index is 1.20. The molecule has 5 aromatic rings. The number of rotatable bonds is 8. The molecule has 1 aliphatic heterocycles. The average Bonchev–Trinajstić information content (AvgIpc) is 3.59. The summed E-state index contributed by atoms with van der Waals surface area (Å²) in [4.78, 5) is 23.4. The third-order valence-electron chi connectivity index (χ3n) is 9.11. The maximum atomic E-state index is 15.5. The van der Waals surface area contributed by atoms with Crippen LogP contribution in [0.25, 0.3) is 21.9 Å². The first kappa shape index (κ1) is 29.1. The Morgan fingerprint density at radius 2 is 1.82 bits per heavy atom. The summed E-state index contributed by atoms with van der Waals surface area (Å²) in [5.41, 5.74) is 3.82. The molecule has 0 radical (unpaired) electrons. The molecule has 1 saturated carbocycles. The molecule has 1 N–H and O–H groups in total. The lowest BCUT2D eigenvalue weighted by Gasteiger charge is -2.28. The second kappa shape index (κ2) is 11.7. The topological polar surface area (TPSA) is 80.5 Å². The fourth-order valence-corrected chi connectivity index (χ4v) is 6.74. The van der Waals surface area contributed by atoms with Crippen molar-refractivity contribution in [2.75, 3.05) is 18.0 Å². The number of ether oxygens (including phenoxy) is 1. The number of para-hydroxylation sites is 1. The van der Waals surface area contributed by atoms with E-state index in [1.807, 2.05) is 59.2 Å². The summed E-state index contributed by atoms with van der Waals surface area (Å²) in [7, 11) is 0. The molecule has 1 saturated heterocycles. The van der Waals surface area contributed by atoms with Crippen molar-refractivity contribution in [1.82, 2.24) is 14.5 Å². The monoisotopic (exact) mass is 614 g/mol. The first-order chi connectivity index (χ1) is 21.7. The van der Waals surface area contributed by atoms with Gasteiger partial charge in [-0.25, -0.2) is 23.1 Å². The summed E-state index contributed by atoms with van der Waals surface area (Å²) in [6.45, 7) is 0.121. The van der Waals surface area contributed by atoms with Gasteiger partial charge in [0.25, 0.3) is 5.92 Å². The minimum absolute atomic E-state index is 0.123. The number of carboxylic acid groups (broad SMARTS) is 1. The number of hydrogen-bond donors (Lipinski definition) is 1. The van der Waals surface area contributed by atoms with E-state index in [0.717, 1.165) is 35.0 Å². The molecular weight excluding hydrogens is 581 g/mol. The first-order valence-electron chi connectivity index (χ1n) is 15.4. The lowest BCUT2D eigenvalue weighted by atomic mass is 9.78. The SMILES string of the molecule is O=C(O)C1CCCCC1c1nc2cc(OCc3ccc4ccccc4n3)ccc2n1Cc1ccc(N2CCC(F)(F)C2)cc1F. The van der Waals surface area contributed by atoms with Gasteiger partial charge in [0, 0.05) is 41.6 Å². The van der Waals surface area contributed by atoms with E-state index in [2.05, 4.69) is 4.98 Å². The quantitative estimate of drug-likeness (QED) is 0.194. The summed E-state index contributed by atoms with van der Waals surface area (Å²) >= 11 is 0. The highest BCUT2D eigenvalue weighted by Crippen LogP contribution is 2.40. The third-order valence-corrected chi connectivity index (χ3v) is 9.11. The summed E-state index contributed by atoms with van der Waals surface area (Å²) in [6, 6.07) is 21.9. The predicted octanol–water partition coefficient (Wildman–Crippen LogP) is 7.55. The van der Waals surface area contributed by atoms with Crippen LogP contribution in [0.1, 0.15) is 55.1 Å². The van der Waals surface area contributed by atoms with E-state index in [-0.39, 0.29) is 32.0 Å². The third kappa shape index (κ3) is 5.93. The average molecular weight is 615 g/mol. The van der Waals surface area contributed by atoms with Crippen molar-refractivity contribution in [3.8, 4) is 5.75 Å². The van der Waals surface area contributed by atoms with Gasteiger partial charge in [0.05, 0.1) is 41.3 Å². The minimum Gasteiger partial charge on any atom is -0.487 e. The number of anilines is 1. The van der Waals surface area contributed by atoms with Crippen molar-refractivity contribution in [3.63, 3.8) is 0 Å². The highest BCUT2D eigenvalue weighted by atomic mass is 19.3. The van der Waals surface area contributed by atoms with Crippen LogP contribution in [0.2, 0.25) is 0 Å². The molecule has 2 unspecified atom stereocenters. The molecule has 0 bridgehead atoms. The highest BCUT2D eigenvalue weighted by molar-refractivity contribution is 5.79. The minimum atomic E-state index is -2.78. The van der Waals surface area contributed by atoms with E-state index < -0.39 is 30.2 Å². The Kier molecular flexibility index (Phi) is 7.59. The van der Waals surface area contributed by atoms with Crippen molar-refractivity contribution in [2.24, 2.45) is 5.92 Å². The predicted molar refractivity (Wildman–Crippen MR) is 165 cm³/mol. The van der Waals surface area contributed by atoms with Crippen LogP contribution >= 0.6 is 0 Å². The van der Waals surface area contributed by atoms with Gasteiger partial charge in [-0.2, -0.15) is 0 Å². The van der Waals surface area contributed by atoms with Crippen molar-refractivity contribution >= 4 is 33.6 Å². The number of aliphatic carboxylic acids is 1. The van der Waals surface area contributed by atoms with Gasteiger partial charge in [-0.1, -0.05) is 43.2 Å². The van der Waals surface area contributed by atoms with Crippen LogP contribution in [0.3, 0.4) is 0 Å². The van der Waals surface area contributed by atoms with E-state index in [1.54, 1.807) is 12.1 Å². The van der Waals surface area contributed by atoms with E-state index in [0.29, 0.717) is 41.2 Å². The second-order valence-corrected chi connectivity index (χ2v) is 12.1. The smallest absolute Gasteiger partial charge is 0.307 e. The Bertz CT molecular complexity index is 1890. The van der Waals surface area contributed by atoms with Crippen LogP contribution < -0.4 is 9.64 Å². The van der Waals surface area contributed by atoms with Crippen molar-refractivity contribution < 1.29 is 27.8 Å². The van der Waals surface area contributed by atoms with Gasteiger partial charge < -0.3 is 19.3 Å². The summed E-state index contributed by atoms with van der Waals surface area (Å²) in [6.07, 6.45) is 2.69. The van der Waals surface area contributed by atoms with Crippen LogP contribution in [0, 0.1) is 11.7 Å². The Morgan fingerprint density at radius 3 is 2.62 bits per heavy atom. The number of carboxylic acids is 1. The number of halogens is 3. The number of alkyl halides is 2. The summed E-state index contributed by atoms with van der Waals surface area (Å²) in [5.74, 6) is -3.87. The molecule has 3 heterocycles. The number of fused-ring (bicyclic) bond motifs is 2. The molecule has 45 heavy (non-hydrogen) atoms. The molecule has 0 amide bonds. The molecule has 2 fully saturated rings. The second-order valence-electron chi connectivity index (χ2n) is 12.1. The standard InChI is InChI=1S/C35H33F3N4O3/c36-29-17-25(41-16-15-35(37,38)21-41)12-10-23(29)19-42-32-14-13-26(45-20-24-11-9-22-5-1-4-8-30(22)39-24)18-31(32)40-33(42)27-6-2-3-7-28(27)34(43)44/h1,4-5,8-14,17-18,27-28H,2-3,6-7,15-16,19-21H2,(H,43,44). The molecule has 3 aromatic carbocycles. The molecule has 2 aliphatic rings. The zero-order valence-electron chi connectivity index (χ0n) is 24.6. The van der Waals surface area contributed by atoms with Gasteiger partial charge in [0.1, 0.15) is 24.0 Å². The van der Waals surface area contributed by atoms with Crippen molar-refractivity contribution in [2.45, 2.75) is 57.1 Å². The largest absolute Gasteiger partial charge is 0.487 e. The molecule has 2 atom stereocenters. The molecule has 10 heteroatoms. The van der Waals surface area contributed by atoms with Crippen molar-refractivity contribution in [3.05, 3.63) is 95.7 Å². The van der Waals surface area contributed by atoms with Gasteiger partial charge in [-0.3, -0.25) is 4.79 Å². The maximum Gasteiger partial charge on any atom is 0.307 e. The molecule has 1 aliphatic carbocycles. The highest BCUT2D eigenvalue weighted by Gasteiger charge is 2.39. The number of imidazole rings is 1. The van der Waals surface area contributed by atoms with Crippen LogP contribution in [-0.2, 0) is 17.9 Å². The van der Waals surface area contributed by atoms with Gasteiger partial charge in [-0.15, -0.1) is 0 Å². The molecule has 232 valence electrons. The summed E-state index contributed by atoms with van der Waals surface area (Å²) in [5, 5.41) is 11.1. The molecule has 7 nitrogen and oxygen atoms in total. The maximum absolute atomic E-state index is 15.5. The molecule has 2 aromatic heterocycles. The number of pyridine rings is 1. The van der Waals surface area contributed by atoms with E-state index in [4.69, 9.17) is 9.72 Å². The van der Waals surface area contributed by atoms with E-state index >= 15 is 4.39 Å². The van der Waals surface area contributed by atoms with Crippen molar-refractivity contribution in [1.29, 1.82) is 0 Å². The van der Waals surface area contributed by atoms with Crippen LogP contribution in [0.15, 0.2) is 72.8 Å². The first-order valence-corrected chi connectivity index (χ1v) is 15.4. The van der Waals surface area contributed by atoms with E-state index in [1.165, 1.54) is 11.0 Å². The zero-order chi connectivity index (χ0) is 31.1. The van der Waals surface area contributed by atoms with Gasteiger partial charge >= 0.3 is 5.97 Å². The Hall–Kier alpha value is -4.60. The number of benzene rings is 3. The molecular formula is C35H33F3N4O3. The molecule has 0 spiro atoms. The van der Waals surface area contributed by atoms with Gasteiger partial charge in [0.15, 0.2) is 0 Å². The normalized spacial score (nSPS) is 19.8. The lowest BCUT2D eigenvalue weighted by molar-refractivity contribution is -0.143. The van der Waals surface area contributed by atoms with Gasteiger partial charge in [0.2, 0.25) is 0 Å². The number of nitrogens with zero attached hydrogens (tertiary/aromatic N) is 4. The van der Waals surface area contributed by atoms with Crippen LogP contribution in [-0.4, -0.2) is 44.6 Å². The van der Waals surface area contributed by atoms with Crippen LogP contribution in [0.5, 0.6) is 5.75 Å². The Labute approximate surface area is 258 Å². The number of carbonyl (C=O) groups is 1. The summed E-state index contributed by atoms with van der Waals surface area (Å²) < 4.78 is 51.1. The van der Waals surface area contributed by atoms with Crippen LogP contribution in [0.4, 0.5) is 18.9 Å². The number of hydrogen-bond acceptors (Lipinski definition) is 5. The number of aromatic nitrogens is 3. The lowest BCUT2D eigenvalue weighted by Crippen LogP contribution is -2.28. The Morgan fingerprint density at radius 1 is 0.978 bits per heavy atom. The molecule has 7 rings (SSSR count). The van der Waals surface area contributed by atoms with Gasteiger partial charge in [-0.05, 0) is 49.2 Å². The zero-order valence-corrected chi connectivity index (χ0v) is 24.6. The fourth-order valence-electron chi connectivity index (χ4n) is 6.74. The van der Waals surface area contributed by atoms with E-state index in [9.17, 15) is 18.7 Å².